The topological polar surface area (TPSA) is 46.5 Å². The standard InChI is InChI=1S/C15H12O3/c16-12-7-3-1-5-10(12)15-9-13(17)11-6-2-4-8-14(11)18-15/h1-8,15-16H,9H2/t15-/m1/s1. The Morgan fingerprint density at radius 3 is 2.61 bits per heavy atom. The lowest BCUT2D eigenvalue weighted by atomic mass is 9.96. The van der Waals surface area contributed by atoms with Crippen LogP contribution in [-0.4, -0.2) is 10.9 Å². The van der Waals surface area contributed by atoms with Crippen molar-refractivity contribution in [2.75, 3.05) is 0 Å². The number of rotatable bonds is 1. The molecular formula is C15H12O3. The SMILES string of the molecule is O=C1C[C@H](c2ccccc2O)Oc2ccccc21. The van der Waals surface area contributed by atoms with Gasteiger partial charge in [0.05, 0.1) is 12.0 Å². The lowest BCUT2D eigenvalue weighted by Gasteiger charge is -2.25. The lowest BCUT2D eigenvalue weighted by Crippen LogP contribution is -2.20. The molecule has 0 aromatic heterocycles. The van der Waals surface area contributed by atoms with Gasteiger partial charge in [-0.25, -0.2) is 0 Å². The Labute approximate surface area is 105 Å². The van der Waals surface area contributed by atoms with E-state index in [1.54, 1.807) is 30.3 Å². The molecule has 0 spiro atoms. The van der Waals surface area contributed by atoms with E-state index in [1.807, 2.05) is 18.2 Å². The van der Waals surface area contributed by atoms with Crippen molar-refractivity contribution in [2.45, 2.75) is 12.5 Å². The van der Waals surface area contributed by atoms with E-state index < -0.39 is 6.10 Å². The number of carbonyl (C=O) groups is 1. The highest BCUT2D eigenvalue weighted by Gasteiger charge is 2.28. The molecule has 1 N–H and O–H groups in total. The normalized spacial score (nSPS) is 18.0. The summed E-state index contributed by atoms with van der Waals surface area (Å²) >= 11 is 0. The monoisotopic (exact) mass is 240 g/mol. The number of phenols is 1. The van der Waals surface area contributed by atoms with Crippen LogP contribution in [0.5, 0.6) is 11.5 Å². The first-order chi connectivity index (χ1) is 8.75. The second kappa shape index (κ2) is 4.18. The molecule has 0 radical (unpaired) electrons. The number of carbonyl (C=O) groups excluding carboxylic acids is 1. The fraction of sp³-hybridized carbons (Fsp3) is 0.133. The number of aromatic hydroxyl groups is 1. The first kappa shape index (κ1) is 10.8. The summed E-state index contributed by atoms with van der Waals surface area (Å²) in [6, 6.07) is 14.1. The van der Waals surface area contributed by atoms with Gasteiger partial charge in [0.1, 0.15) is 17.6 Å². The molecule has 0 bridgehead atoms. The maximum atomic E-state index is 12.0. The summed E-state index contributed by atoms with van der Waals surface area (Å²) in [7, 11) is 0. The molecule has 2 aromatic carbocycles. The molecule has 3 nitrogen and oxygen atoms in total. The number of ketones is 1. The Morgan fingerprint density at radius 2 is 1.78 bits per heavy atom. The molecule has 18 heavy (non-hydrogen) atoms. The molecule has 0 unspecified atom stereocenters. The molecule has 3 heteroatoms. The van der Waals surface area contributed by atoms with Crippen molar-refractivity contribution in [2.24, 2.45) is 0 Å². The van der Waals surface area contributed by atoms with Gasteiger partial charge in [-0.3, -0.25) is 4.79 Å². The van der Waals surface area contributed by atoms with Gasteiger partial charge in [-0.2, -0.15) is 0 Å². The number of phenolic OH excluding ortho intramolecular Hbond substituents is 1. The van der Waals surface area contributed by atoms with Crippen molar-refractivity contribution < 1.29 is 14.6 Å². The van der Waals surface area contributed by atoms with Crippen LogP contribution in [0.2, 0.25) is 0 Å². The van der Waals surface area contributed by atoms with E-state index in [9.17, 15) is 9.90 Å². The van der Waals surface area contributed by atoms with E-state index in [-0.39, 0.29) is 18.0 Å². The minimum absolute atomic E-state index is 0.0464. The number of hydrogen-bond donors (Lipinski definition) is 1. The third-order valence-electron chi connectivity index (χ3n) is 3.11. The van der Waals surface area contributed by atoms with Crippen molar-refractivity contribution >= 4 is 5.78 Å². The maximum Gasteiger partial charge on any atom is 0.170 e. The molecule has 0 saturated heterocycles. The molecule has 3 rings (SSSR count). The number of para-hydroxylation sites is 2. The number of Topliss-reactive ketones (excluding diaryl/α,β-unsaturated/α-hetero) is 1. The predicted molar refractivity (Wildman–Crippen MR) is 66.9 cm³/mol. The Morgan fingerprint density at radius 1 is 1.06 bits per heavy atom. The summed E-state index contributed by atoms with van der Waals surface area (Å²) in [5.41, 5.74) is 1.27. The third kappa shape index (κ3) is 1.74. The van der Waals surface area contributed by atoms with Gasteiger partial charge in [-0.05, 0) is 18.2 Å². The first-order valence-electron chi connectivity index (χ1n) is 5.82. The Bertz CT molecular complexity index is 604. The molecule has 2 aromatic rings. The highest BCUT2D eigenvalue weighted by molar-refractivity contribution is 6.00. The first-order valence-corrected chi connectivity index (χ1v) is 5.82. The van der Waals surface area contributed by atoms with E-state index in [0.29, 0.717) is 16.9 Å². The summed E-state index contributed by atoms with van der Waals surface area (Å²) in [6.45, 7) is 0. The molecule has 0 saturated carbocycles. The van der Waals surface area contributed by atoms with Crippen LogP contribution < -0.4 is 4.74 Å². The molecule has 90 valence electrons. The minimum Gasteiger partial charge on any atom is -0.508 e. The van der Waals surface area contributed by atoms with Gasteiger partial charge in [-0.15, -0.1) is 0 Å². The predicted octanol–water partition coefficient (Wildman–Crippen LogP) is 3.10. The van der Waals surface area contributed by atoms with Gasteiger partial charge in [-0.1, -0.05) is 30.3 Å². The minimum atomic E-state index is -0.409. The molecule has 1 aliphatic heterocycles. The van der Waals surface area contributed by atoms with Crippen LogP contribution in [0, 0.1) is 0 Å². The molecule has 1 heterocycles. The van der Waals surface area contributed by atoms with Crippen LogP contribution >= 0.6 is 0 Å². The third-order valence-corrected chi connectivity index (χ3v) is 3.11. The van der Waals surface area contributed by atoms with E-state index in [0.717, 1.165) is 0 Å². The number of benzene rings is 2. The second-order valence-corrected chi connectivity index (χ2v) is 4.29. The highest BCUT2D eigenvalue weighted by Crippen LogP contribution is 2.37. The zero-order chi connectivity index (χ0) is 12.5. The van der Waals surface area contributed by atoms with Crippen LogP contribution in [0.25, 0.3) is 0 Å². The van der Waals surface area contributed by atoms with Gasteiger partial charge < -0.3 is 9.84 Å². The summed E-state index contributed by atoms with van der Waals surface area (Å²) in [6.07, 6.45) is -0.150. The largest absolute Gasteiger partial charge is 0.508 e. The van der Waals surface area contributed by atoms with E-state index in [4.69, 9.17) is 4.74 Å². The van der Waals surface area contributed by atoms with Crippen molar-refractivity contribution in [3.63, 3.8) is 0 Å². The smallest absolute Gasteiger partial charge is 0.170 e. The summed E-state index contributed by atoms with van der Waals surface area (Å²) in [4.78, 5) is 12.0. The summed E-state index contributed by atoms with van der Waals surface area (Å²) in [5.74, 6) is 0.793. The average molecular weight is 240 g/mol. The van der Waals surface area contributed by atoms with Gasteiger partial charge in [0.25, 0.3) is 0 Å². The molecular weight excluding hydrogens is 228 g/mol. The van der Waals surface area contributed by atoms with E-state index in [1.165, 1.54) is 0 Å². The van der Waals surface area contributed by atoms with Crippen molar-refractivity contribution in [1.29, 1.82) is 0 Å². The van der Waals surface area contributed by atoms with Crippen molar-refractivity contribution in [3.05, 3.63) is 59.7 Å². The van der Waals surface area contributed by atoms with Gasteiger partial charge in [0, 0.05) is 5.56 Å². The lowest BCUT2D eigenvalue weighted by molar-refractivity contribution is 0.0847. The second-order valence-electron chi connectivity index (χ2n) is 4.29. The zero-order valence-electron chi connectivity index (χ0n) is 9.67. The van der Waals surface area contributed by atoms with Crippen molar-refractivity contribution in [1.82, 2.24) is 0 Å². The molecule has 1 aliphatic rings. The fourth-order valence-electron chi connectivity index (χ4n) is 2.21. The maximum absolute atomic E-state index is 12.0. The molecule has 0 aliphatic carbocycles. The molecule has 0 fully saturated rings. The highest BCUT2D eigenvalue weighted by atomic mass is 16.5. The average Bonchev–Trinajstić information content (AvgIpc) is 2.39. The number of ether oxygens (including phenoxy) is 1. The van der Waals surface area contributed by atoms with Gasteiger partial charge in [0.2, 0.25) is 0 Å². The fourth-order valence-corrected chi connectivity index (χ4v) is 2.21. The van der Waals surface area contributed by atoms with Crippen LogP contribution in [0.15, 0.2) is 48.5 Å². The van der Waals surface area contributed by atoms with Crippen LogP contribution in [-0.2, 0) is 0 Å². The van der Waals surface area contributed by atoms with E-state index in [2.05, 4.69) is 0 Å². The quantitative estimate of drug-likeness (QED) is 0.833. The van der Waals surface area contributed by atoms with Gasteiger partial charge >= 0.3 is 0 Å². The van der Waals surface area contributed by atoms with Crippen LogP contribution in [0.3, 0.4) is 0 Å². The molecule has 0 amide bonds. The van der Waals surface area contributed by atoms with Crippen LogP contribution in [0.4, 0.5) is 0 Å². The Kier molecular flexibility index (Phi) is 2.52. The van der Waals surface area contributed by atoms with Crippen molar-refractivity contribution in [3.8, 4) is 11.5 Å². The van der Waals surface area contributed by atoms with Gasteiger partial charge in [0.15, 0.2) is 5.78 Å². The van der Waals surface area contributed by atoms with E-state index >= 15 is 0 Å². The Hall–Kier alpha value is -2.29. The Balaban J connectivity index is 2.00. The zero-order valence-corrected chi connectivity index (χ0v) is 9.67. The van der Waals surface area contributed by atoms with Crippen LogP contribution in [0.1, 0.15) is 28.4 Å². The molecule has 1 atom stereocenters. The number of hydrogen-bond acceptors (Lipinski definition) is 3. The number of fused-ring (bicyclic) bond motifs is 1. The summed E-state index contributed by atoms with van der Waals surface area (Å²) < 4.78 is 5.79. The summed E-state index contributed by atoms with van der Waals surface area (Å²) in [5, 5.41) is 9.81.